The predicted octanol–water partition coefficient (Wildman–Crippen LogP) is 0.0469. The summed E-state index contributed by atoms with van der Waals surface area (Å²) in [6.07, 6.45) is 0.125. The third-order valence-electron chi connectivity index (χ3n) is 1.55. The smallest absolute Gasteiger partial charge is 0.302 e. The van der Waals surface area contributed by atoms with Crippen molar-refractivity contribution < 1.29 is 19.4 Å². The highest BCUT2D eigenvalue weighted by Crippen LogP contribution is 2.14. The third kappa shape index (κ3) is 2.86. The van der Waals surface area contributed by atoms with Crippen LogP contribution >= 0.6 is 0 Å². The van der Waals surface area contributed by atoms with Crippen molar-refractivity contribution in [3.05, 3.63) is 0 Å². The van der Waals surface area contributed by atoms with Crippen molar-refractivity contribution in [3.8, 4) is 0 Å². The number of aliphatic hydroxyl groups is 1. The van der Waals surface area contributed by atoms with E-state index in [2.05, 4.69) is 0 Å². The molecule has 2 atom stereocenters. The van der Waals surface area contributed by atoms with Gasteiger partial charge in [0.25, 0.3) is 0 Å². The zero-order valence-electron chi connectivity index (χ0n) is 6.45. The summed E-state index contributed by atoms with van der Waals surface area (Å²) in [5.74, 6) is -0.302. The molecule has 0 saturated carbocycles. The van der Waals surface area contributed by atoms with E-state index in [9.17, 15) is 4.79 Å². The number of carbonyl (C=O) groups is 1. The zero-order chi connectivity index (χ0) is 8.27. The second kappa shape index (κ2) is 3.69. The highest BCUT2D eigenvalue weighted by molar-refractivity contribution is 5.66. The van der Waals surface area contributed by atoms with E-state index in [1.807, 2.05) is 0 Å². The summed E-state index contributed by atoms with van der Waals surface area (Å²) in [5, 5.41) is 8.98. The summed E-state index contributed by atoms with van der Waals surface area (Å²) in [5.41, 5.74) is 0. The minimum Gasteiger partial charge on any atom is -0.462 e. The first-order valence-electron chi connectivity index (χ1n) is 3.65. The number of esters is 1. The first-order chi connectivity index (χ1) is 5.18. The van der Waals surface area contributed by atoms with Gasteiger partial charge in [-0.3, -0.25) is 4.79 Å². The van der Waals surface area contributed by atoms with Gasteiger partial charge in [0, 0.05) is 19.8 Å². The molecule has 1 heterocycles. The minimum absolute atomic E-state index is 0.170. The van der Waals surface area contributed by atoms with Gasteiger partial charge in [-0.1, -0.05) is 0 Å². The normalized spacial score (nSPS) is 31.5. The van der Waals surface area contributed by atoms with Crippen molar-refractivity contribution in [2.24, 2.45) is 0 Å². The molecule has 1 fully saturated rings. The molecule has 0 bridgehead atoms. The Morgan fingerprint density at radius 1 is 1.73 bits per heavy atom. The zero-order valence-corrected chi connectivity index (χ0v) is 6.45. The summed E-state index contributed by atoms with van der Waals surface area (Å²) in [4.78, 5) is 10.5. The lowest BCUT2D eigenvalue weighted by Crippen LogP contribution is -2.31. The van der Waals surface area contributed by atoms with Crippen LogP contribution in [0, 0.1) is 0 Å². The maximum Gasteiger partial charge on any atom is 0.302 e. The second-order valence-electron chi connectivity index (χ2n) is 2.58. The molecular formula is C7H12O4. The Labute approximate surface area is 65.1 Å². The Bertz CT molecular complexity index is 145. The van der Waals surface area contributed by atoms with E-state index in [-0.39, 0.29) is 12.1 Å². The molecule has 11 heavy (non-hydrogen) atoms. The van der Waals surface area contributed by atoms with Gasteiger partial charge < -0.3 is 14.6 Å². The lowest BCUT2D eigenvalue weighted by Gasteiger charge is -2.25. The van der Waals surface area contributed by atoms with Gasteiger partial charge in [0.2, 0.25) is 0 Å². The molecule has 1 aliphatic rings. The highest BCUT2D eigenvalue weighted by atomic mass is 16.6. The maximum absolute atomic E-state index is 10.5. The summed E-state index contributed by atoms with van der Waals surface area (Å²) in [7, 11) is 0. The van der Waals surface area contributed by atoms with Crippen LogP contribution in [0.25, 0.3) is 0 Å². The number of aliphatic hydroxyl groups excluding tert-OH is 1. The van der Waals surface area contributed by atoms with Gasteiger partial charge in [-0.2, -0.15) is 0 Å². The molecule has 1 aliphatic heterocycles. The van der Waals surface area contributed by atoms with Crippen molar-refractivity contribution >= 4 is 5.97 Å². The van der Waals surface area contributed by atoms with E-state index in [0.29, 0.717) is 19.4 Å². The molecule has 0 amide bonds. The van der Waals surface area contributed by atoms with E-state index in [0.717, 1.165) is 0 Å². The van der Waals surface area contributed by atoms with Crippen LogP contribution in [0.1, 0.15) is 19.8 Å². The van der Waals surface area contributed by atoms with Crippen LogP contribution in [0.15, 0.2) is 0 Å². The molecule has 1 rings (SSSR count). The second-order valence-corrected chi connectivity index (χ2v) is 2.58. The Hall–Kier alpha value is -0.610. The fraction of sp³-hybridized carbons (Fsp3) is 0.857. The highest BCUT2D eigenvalue weighted by Gasteiger charge is 2.22. The standard InChI is InChI=1S/C7H12O4/c1-5(8)11-6-2-3-10-7(9)4-6/h6-7,9H,2-4H2,1H3. The summed E-state index contributed by atoms with van der Waals surface area (Å²) in [6, 6.07) is 0. The third-order valence-corrected chi connectivity index (χ3v) is 1.55. The molecule has 0 aliphatic carbocycles. The van der Waals surface area contributed by atoms with Crippen LogP contribution in [0.2, 0.25) is 0 Å². The van der Waals surface area contributed by atoms with Crippen LogP contribution in [0.4, 0.5) is 0 Å². The van der Waals surface area contributed by atoms with Crippen molar-refractivity contribution in [1.29, 1.82) is 0 Å². The number of carbonyl (C=O) groups excluding carboxylic acids is 1. The fourth-order valence-electron chi connectivity index (χ4n) is 1.09. The molecule has 4 heteroatoms. The lowest BCUT2D eigenvalue weighted by atomic mass is 10.1. The Morgan fingerprint density at radius 2 is 2.45 bits per heavy atom. The minimum atomic E-state index is -0.770. The summed E-state index contributed by atoms with van der Waals surface area (Å²) < 4.78 is 9.74. The first kappa shape index (κ1) is 8.49. The van der Waals surface area contributed by atoms with Crippen molar-refractivity contribution in [3.63, 3.8) is 0 Å². The van der Waals surface area contributed by atoms with Gasteiger partial charge >= 0.3 is 5.97 Å². The average molecular weight is 160 g/mol. The topological polar surface area (TPSA) is 55.8 Å². The first-order valence-corrected chi connectivity index (χ1v) is 3.65. The number of rotatable bonds is 1. The van der Waals surface area contributed by atoms with Crippen molar-refractivity contribution in [2.45, 2.75) is 32.2 Å². The van der Waals surface area contributed by atoms with Gasteiger partial charge in [0.15, 0.2) is 6.29 Å². The molecule has 1 N–H and O–H groups in total. The molecule has 0 aromatic rings. The average Bonchev–Trinajstić information content (AvgIpc) is 1.85. The van der Waals surface area contributed by atoms with Crippen molar-refractivity contribution in [2.75, 3.05) is 6.61 Å². The Balaban J connectivity index is 2.28. The molecule has 64 valence electrons. The van der Waals surface area contributed by atoms with E-state index in [1.54, 1.807) is 0 Å². The maximum atomic E-state index is 10.5. The molecule has 2 unspecified atom stereocenters. The van der Waals surface area contributed by atoms with Crippen molar-refractivity contribution in [1.82, 2.24) is 0 Å². The van der Waals surface area contributed by atoms with Crippen LogP contribution in [-0.2, 0) is 14.3 Å². The molecule has 1 saturated heterocycles. The number of hydrogen-bond donors (Lipinski definition) is 1. The van der Waals surface area contributed by atoms with Gasteiger partial charge in [0.1, 0.15) is 6.10 Å². The molecule has 0 radical (unpaired) electrons. The molecule has 0 spiro atoms. The Kier molecular flexibility index (Phi) is 2.84. The largest absolute Gasteiger partial charge is 0.462 e. The van der Waals surface area contributed by atoms with Crippen LogP contribution in [0.3, 0.4) is 0 Å². The Morgan fingerprint density at radius 3 is 3.00 bits per heavy atom. The quantitative estimate of drug-likeness (QED) is 0.550. The van der Waals surface area contributed by atoms with Crippen LogP contribution < -0.4 is 0 Å². The van der Waals surface area contributed by atoms with Gasteiger partial charge in [0.05, 0.1) is 6.61 Å². The van der Waals surface area contributed by atoms with Crippen LogP contribution in [-0.4, -0.2) is 30.1 Å². The van der Waals surface area contributed by atoms with E-state index in [1.165, 1.54) is 6.92 Å². The predicted molar refractivity (Wildman–Crippen MR) is 36.7 cm³/mol. The molecule has 4 nitrogen and oxygen atoms in total. The van der Waals surface area contributed by atoms with E-state index >= 15 is 0 Å². The molecule has 0 aromatic carbocycles. The SMILES string of the molecule is CC(=O)OC1CCOC(O)C1. The van der Waals surface area contributed by atoms with E-state index < -0.39 is 6.29 Å². The lowest BCUT2D eigenvalue weighted by molar-refractivity contribution is -0.175. The summed E-state index contributed by atoms with van der Waals surface area (Å²) in [6.45, 7) is 1.82. The molecular weight excluding hydrogens is 148 g/mol. The van der Waals surface area contributed by atoms with Crippen LogP contribution in [0.5, 0.6) is 0 Å². The fourth-order valence-corrected chi connectivity index (χ4v) is 1.09. The van der Waals surface area contributed by atoms with Gasteiger partial charge in [-0.15, -0.1) is 0 Å². The monoisotopic (exact) mass is 160 g/mol. The number of hydrogen-bond acceptors (Lipinski definition) is 4. The van der Waals surface area contributed by atoms with Gasteiger partial charge in [-0.25, -0.2) is 0 Å². The van der Waals surface area contributed by atoms with E-state index in [4.69, 9.17) is 14.6 Å². The molecule has 0 aromatic heterocycles. The van der Waals surface area contributed by atoms with Gasteiger partial charge in [-0.05, 0) is 0 Å². The summed E-state index contributed by atoms with van der Waals surface area (Å²) >= 11 is 0. The number of ether oxygens (including phenoxy) is 2.